The lowest BCUT2D eigenvalue weighted by Gasteiger charge is -2.26. The van der Waals surface area contributed by atoms with Gasteiger partial charge >= 0.3 is 5.97 Å². The summed E-state index contributed by atoms with van der Waals surface area (Å²) in [5, 5.41) is 9.73. The summed E-state index contributed by atoms with van der Waals surface area (Å²) in [5.41, 5.74) is 1.28. The van der Waals surface area contributed by atoms with Crippen LogP contribution in [0.25, 0.3) is 0 Å². The first-order chi connectivity index (χ1) is 11.0. The molecular formula is C18H27ClN2O2. The second-order valence-corrected chi connectivity index (χ2v) is 7.09. The van der Waals surface area contributed by atoms with Gasteiger partial charge in [-0.1, -0.05) is 30.7 Å². The molecule has 128 valence electrons. The molecule has 1 saturated heterocycles. The summed E-state index contributed by atoms with van der Waals surface area (Å²) in [6.07, 6.45) is 3.23. The number of likely N-dealkylation sites (N-methyl/N-ethyl adjacent to an activating group) is 1. The zero-order valence-corrected chi connectivity index (χ0v) is 14.8. The summed E-state index contributed by atoms with van der Waals surface area (Å²) in [6, 6.07) is 8.48. The number of carboxylic acids is 1. The molecule has 23 heavy (non-hydrogen) atoms. The van der Waals surface area contributed by atoms with Crippen LogP contribution in [-0.2, 0) is 4.79 Å². The second kappa shape index (κ2) is 8.67. The summed E-state index contributed by atoms with van der Waals surface area (Å²) in [5.74, 6) is -0.301. The van der Waals surface area contributed by atoms with Crippen LogP contribution in [0.15, 0.2) is 24.3 Å². The number of carbonyl (C=O) groups is 1. The van der Waals surface area contributed by atoms with Crippen molar-refractivity contribution < 1.29 is 9.90 Å². The number of halogens is 1. The van der Waals surface area contributed by atoms with Crippen LogP contribution < -0.4 is 0 Å². The van der Waals surface area contributed by atoms with E-state index >= 15 is 0 Å². The molecule has 2 unspecified atom stereocenters. The predicted molar refractivity (Wildman–Crippen MR) is 94.2 cm³/mol. The Labute approximate surface area is 144 Å². The molecule has 2 atom stereocenters. The predicted octanol–water partition coefficient (Wildman–Crippen LogP) is 3.31. The number of benzene rings is 1. The second-order valence-electron chi connectivity index (χ2n) is 6.65. The molecule has 5 heteroatoms. The van der Waals surface area contributed by atoms with Crippen molar-refractivity contribution in [2.75, 3.05) is 33.2 Å². The molecule has 4 nitrogen and oxygen atoms in total. The van der Waals surface area contributed by atoms with E-state index in [-0.39, 0.29) is 6.54 Å². The molecule has 1 aliphatic rings. The first-order valence-corrected chi connectivity index (χ1v) is 8.73. The first kappa shape index (κ1) is 18.2. The van der Waals surface area contributed by atoms with Gasteiger partial charge in [-0.15, -0.1) is 0 Å². The van der Waals surface area contributed by atoms with Crippen LogP contribution in [0.4, 0.5) is 0 Å². The fourth-order valence-corrected chi connectivity index (χ4v) is 3.61. The number of aliphatic carboxylic acids is 1. The Kier molecular flexibility index (Phi) is 6.88. The van der Waals surface area contributed by atoms with E-state index in [1.54, 1.807) is 0 Å². The fourth-order valence-electron chi connectivity index (χ4n) is 3.41. The van der Waals surface area contributed by atoms with Gasteiger partial charge in [0, 0.05) is 17.6 Å². The first-order valence-electron chi connectivity index (χ1n) is 8.35. The van der Waals surface area contributed by atoms with Gasteiger partial charge < -0.3 is 10.0 Å². The average Bonchev–Trinajstić information content (AvgIpc) is 2.72. The zero-order valence-electron chi connectivity index (χ0n) is 14.0. The third-order valence-electron chi connectivity index (χ3n) is 4.75. The SMILES string of the molecule is CC(CN1CCCC(N(C)CC(=O)O)CC1)c1cccc(Cl)c1. The van der Waals surface area contributed by atoms with Crippen LogP contribution in [0, 0.1) is 0 Å². The molecule has 0 spiro atoms. The van der Waals surface area contributed by atoms with Crippen molar-refractivity contribution >= 4 is 17.6 Å². The van der Waals surface area contributed by atoms with E-state index in [2.05, 4.69) is 17.9 Å². The monoisotopic (exact) mass is 338 g/mol. The molecule has 1 aromatic rings. The van der Waals surface area contributed by atoms with Crippen LogP contribution in [-0.4, -0.2) is 60.1 Å². The van der Waals surface area contributed by atoms with Crippen molar-refractivity contribution in [3.05, 3.63) is 34.9 Å². The van der Waals surface area contributed by atoms with E-state index in [1.807, 2.05) is 30.1 Å². The van der Waals surface area contributed by atoms with Crippen LogP contribution in [0.3, 0.4) is 0 Å². The number of nitrogens with zero attached hydrogens (tertiary/aromatic N) is 2. The highest BCUT2D eigenvalue weighted by molar-refractivity contribution is 6.30. The lowest BCUT2D eigenvalue weighted by atomic mass is 10.0. The molecule has 0 aromatic heterocycles. The number of likely N-dealkylation sites (tertiary alicyclic amines) is 1. The smallest absolute Gasteiger partial charge is 0.317 e. The number of carboxylic acid groups (broad SMARTS) is 1. The van der Waals surface area contributed by atoms with Gasteiger partial charge in [0.25, 0.3) is 0 Å². The molecule has 0 bridgehead atoms. The van der Waals surface area contributed by atoms with Gasteiger partial charge in [0.1, 0.15) is 0 Å². The quantitative estimate of drug-likeness (QED) is 0.864. The fraction of sp³-hybridized carbons (Fsp3) is 0.611. The maximum absolute atomic E-state index is 10.9. The van der Waals surface area contributed by atoms with Crippen LogP contribution >= 0.6 is 11.6 Å². The molecule has 0 amide bonds. The average molecular weight is 339 g/mol. The summed E-state index contributed by atoms with van der Waals surface area (Å²) >= 11 is 6.09. The third-order valence-corrected chi connectivity index (χ3v) is 4.98. The van der Waals surface area contributed by atoms with Gasteiger partial charge in [0.2, 0.25) is 0 Å². The molecule has 1 aromatic carbocycles. The van der Waals surface area contributed by atoms with E-state index in [1.165, 1.54) is 5.56 Å². The molecule has 1 aliphatic heterocycles. The molecule has 1 heterocycles. The van der Waals surface area contributed by atoms with Gasteiger partial charge in [0.05, 0.1) is 6.54 Å². The summed E-state index contributed by atoms with van der Waals surface area (Å²) in [4.78, 5) is 15.3. The maximum Gasteiger partial charge on any atom is 0.317 e. The number of rotatable bonds is 6. The Morgan fingerprint density at radius 2 is 2.22 bits per heavy atom. The molecule has 0 saturated carbocycles. The Hall–Kier alpha value is -1.10. The topological polar surface area (TPSA) is 43.8 Å². The van der Waals surface area contributed by atoms with E-state index in [0.29, 0.717) is 12.0 Å². The standard InChI is InChI=1S/C18H27ClN2O2/c1-14(15-5-3-6-16(19)11-15)12-21-9-4-7-17(8-10-21)20(2)13-18(22)23/h3,5-6,11,14,17H,4,7-10,12-13H2,1-2H3,(H,22,23). The van der Waals surface area contributed by atoms with Crippen molar-refractivity contribution in [2.45, 2.75) is 38.1 Å². The summed E-state index contributed by atoms with van der Waals surface area (Å²) < 4.78 is 0. The van der Waals surface area contributed by atoms with E-state index in [0.717, 1.165) is 43.9 Å². The van der Waals surface area contributed by atoms with Gasteiger partial charge in [-0.25, -0.2) is 0 Å². The maximum atomic E-state index is 10.9. The number of hydrogen-bond acceptors (Lipinski definition) is 3. The molecule has 1 N–H and O–H groups in total. The normalized spacial score (nSPS) is 21.1. The Morgan fingerprint density at radius 3 is 2.91 bits per heavy atom. The highest BCUT2D eigenvalue weighted by atomic mass is 35.5. The van der Waals surface area contributed by atoms with Gasteiger partial charge in [-0.05, 0) is 63.0 Å². The Morgan fingerprint density at radius 1 is 1.43 bits per heavy atom. The highest BCUT2D eigenvalue weighted by Gasteiger charge is 2.22. The summed E-state index contributed by atoms with van der Waals surface area (Å²) in [6.45, 7) is 5.51. The largest absolute Gasteiger partial charge is 0.480 e. The van der Waals surface area contributed by atoms with Crippen molar-refractivity contribution in [2.24, 2.45) is 0 Å². The van der Waals surface area contributed by atoms with Crippen molar-refractivity contribution in [1.29, 1.82) is 0 Å². The van der Waals surface area contributed by atoms with Crippen LogP contribution in [0.5, 0.6) is 0 Å². The van der Waals surface area contributed by atoms with Gasteiger partial charge in [-0.2, -0.15) is 0 Å². The molecular weight excluding hydrogens is 312 g/mol. The van der Waals surface area contributed by atoms with E-state index in [4.69, 9.17) is 16.7 Å². The van der Waals surface area contributed by atoms with Crippen molar-refractivity contribution in [3.8, 4) is 0 Å². The molecule has 0 radical (unpaired) electrons. The zero-order chi connectivity index (χ0) is 16.8. The molecule has 1 fully saturated rings. The van der Waals surface area contributed by atoms with Gasteiger partial charge in [0.15, 0.2) is 0 Å². The lowest BCUT2D eigenvalue weighted by Crippen LogP contribution is -2.37. The van der Waals surface area contributed by atoms with Crippen LogP contribution in [0.2, 0.25) is 5.02 Å². The van der Waals surface area contributed by atoms with Crippen molar-refractivity contribution in [3.63, 3.8) is 0 Å². The Balaban J connectivity index is 1.87. The molecule has 2 rings (SSSR count). The minimum atomic E-state index is -0.747. The van der Waals surface area contributed by atoms with Gasteiger partial charge in [-0.3, -0.25) is 9.69 Å². The summed E-state index contributed by atoms with van der Waals surface area (Å²) in [7, 11) is 1.92. The van der Waals surface area contributed by atoms with Crippen LogP contribution in [0.1, 0.15) is 37.7 Å². The third kappa shape index (κ3) is 5.79. The minimum absolute atomic E-state index is 0.129. The molecule has 0 aliphatic carbocycles. The van der Waals surface area contributed by atoms with E-state index in [9.17, 15) is 4.79 Å². The van der Waals surface area contributed by atoms with E-state index < -0.39 is 5.97 Å². The van der Waals surface area contributed by atoms with Crippen molar-refractivity contribution in [1.82, 2.24) is 9.80 Å². The minimum Gasteiger partial charge on any atom is -0.480 e. The Bertz CT molecular complexity index is 523. The lowest BCUT2D eigenvalue weighted by molar-refractivity contribution is -0.138. The number of hydrogen-bond donors (Lipinski definition) is 1. The highest BCUT2D eigenvalue weighted by Crippen LogP contribution is 2.22.